The summed E-state index contributed by atoms with van der Waals surface area (Å²) in [5.41, 5.74) is 0. The van der Waals surface area contributed by atoms with E-state index < -0.39 is 0 Å². The molecule has 0 aromatic heterocycles. The standard InChI is InChI=1S/C9H12O3/c1-12-9(11)8-5-3-2-4-7(8)6-10/h3,5-8H,2,4H2,1H3/t7-,8-/m0/s1. The molecule has 0 aromatic carbocycles. The number of ether oxygens (including phenoxy) is 1. The van der Waals surface area contributed by atoms with Crippen LogP contribution in [0.5, 0.6) is 0 Å². The summed E-state index contributed by atoms with van der Waals surface area (Å²) in [6, 6.07) is 0. The lowest BCUT2D eigenvalue weighted by Crippen LogP contribution is -2.26. The Labute approximate surface area is 71.4 Å². The third kappa shape index (κ3) is 1.72. The highest BCUT2D eigenvalue weighted by Gasteiger charge is 2.27. The predicted octanol–water partition coefficient (Wildman–Crippen LogP) is 0.941. The number of rotatable bonds is 2. The largest absolute Gasteiger partial charge is 0.469 e. The molecule has 0 N–H and O–H groups in total. The van der Waals surface area contributed by atoms with Crippen molar-refractivity contribution in [3.8, 4) is 0 Å². The van der Waals surface area contributed by atoms with E-state index in [0.717, 1.165) is 19.1 Å². The molecule has 1 aliphatic carbocycles. The molecule has 0 amide bonds. The lowest BCUT2D eigenvalue weighted by molar-refractivity contribution is -0.146. The van der Waals surface area contributed by atoms with Crippen molar-refractivity contribution in [3.05, 3.63) is 12.2 Å². The summed E-state index contributed by atoms with van der Waals surface area (Å²) < 4.78 is 4.57. The van der Waals surface area contributed by atoms with Crippen LogP contribution >= 0.6 is 0 Å². The second-order valence-electron chi connectivity index (χ2n) is 2.85. The van der Waals surface area contributed by atoms with Gasteiger partial charge in [-0.1, -0.05) is 12.2 Å². The van der Waals surface area contributed by atoms with Gasteiger partial charge < -0.3 is 9.53 Å². The Morgan fingerprint density at radius 1 is 1.67 bits per heavy atom. The van der Waals surface area contributed by atoms with Gasteiger partial charge >= 0.3 is 5.97 Å². The van der Waals surface area contributed by atoms with Crippen LogP contribution in [0, 0.1) is 11.8 Å². The van der Waals surface area contributed by atoms with Gasteiger partial charge in [0.25, 0.3) is 0 Å². The van der Waals surface area contributed by atoms with Crippen molar-refractivity contribution in [1.29, 1.82) is 0 Å². The van der Waals surface area contributed by atoms with Gasteiger partial charge in [0.15, 0.2) is 0 Å². The number of aldehydes is 1. The molecular weight excluding hydrogens is 156 g/mol. The van der Waals surface area contributed by atoms with E-state index in [9.17, 15) is 9.59 Å². The Bertz CT molecular complexity index is 208. The molecule has 0 fully saturated rings. The molecule has 12 heavy (non-hydrogen) atoms. The highest BCUT2D eigenvalue weighted by molar-refractivity contribution is 5.78. The number of methoxy groups -OCH3 is 1. The maximum atomic E-state index is 11.1. The smallest absolute Gasteiger partial charge is 0.313 e. The van der Waals surface area contributed by atoms with E-state index in [4.69, 9.17) is 0 Å². The van der Waals surface area contributed by atoms with Crippen LogP contribution in [0.25, 0.3) is 0 Å². The van der Waals surface area contributed by atoms with Crippen LogP contribution in [0.4, 0.5) is 0 Å². The SMILES string of the molecule is COC(=O)[C@H]1C=CCC[C@H]1C=O. The number of allylic oxidation sites excluding steroid dienone is 1. The average molecular weight is 168 g/mol. The van der Waals surface area contributed by atoms with E-state index >= 15 is 0 Å². The second kappa shape index (κ2) is 4.04. The van der Waals surface area contributed by atoms with Gasteiger partial charge in [-0.05, 0) is 12.8 Å². The maximum Gasteiger partial charge on any atom is 0.313 e. The summed E-state index contributed by atoms with van der Waals surface area (Å²) in [5.74, 6) is -0.869. The quantitative estimate of drug-likeness (QED) is 0.350. The Morgan fingerprint density at radius 3 is 3.00 bits per heavy atom. The van der Waals surface area contributed by atoms with Crippen molar-refractivity contribution >= 4 is 12.3 Å². The van der Waals surface area contributed by atoms with Crippen molar-refractivity contribution in [2.45, 2.75) is 12.8 Å². The number of carbonyl (C=O) groups excluding carboxylic acids is 2. The number of carbonyl (C=O) groups is 2. The fourth-order valence-electron chi connectivity index (χ4n) is 1.40. The number of esters is 1. The molecule has 0 aromatic rings. The first-order valence-electron chi connectivity index (χ1n) is 3.99. The zero-order valence-corrected chi connectivity index (χ0v) is 7.03. The lowest BCUT2D eigenvalue weighted by atomic mass is 9.85. The molecule has 0 saturated carbocycles. The Balaban J connectivity index is 2.70. The second-order valence-corrected chi connectivity index (χ2v) is 2.85. The molecule has 0 spiro atoms. The van der Waals surface area contributed by atoms with E-state index in [1.54, 1.807) is 6.08 Å². The molecule has 66 valence electrons. The molecule has 0 bridgehead atoms. The van der Waals surface area contributed by atoms with Crippen molar-refractivity contribution < 1.29 is 14.3 Å². The maximum absolute atomic E-state index is 11.1. The van der Waals surface area contributed by atoms with Crippen LogP contribution in [0.3, 0.4) is 0 Å². The molecule has 0 unspecified atom stereocenters. The van der Waals surface area contributed by atoms with Crippen molar-refractivity contribution in [2.24, 2.45) is 11.8 Å². The van der Waals surface area contributed by atoms with Gasteiger partial charge in [-0.15, -0.1) is 0 Å². The minimum Gasteiger partial charge on any atom is -0.469 e. The van der Waals surface area contributed by atoms with Crippen LogP contribution < -0.4 is 0 Å². The van der Waals surface area contributed by atoms with Crippen LogP contribution in [-0.4, -0.2) is 19.4 Å². The highest BCUT2D eigenvalue weighted by Crippen LogP contribution is 2.23. The first-order valence-corrected chi connectivity index (χ1v) is 3.99. The summed E-state index contributed by atoms with van der Waals surface area (Å²) >= 11 is 0. The lowest BCUT2D eigenvalue weighted by Gasteiger charge is -2.20. The molecule has 2 atom stereocenters. The summed E-state index contributed by atoms with van der Waals surface area (Å²) in [6.45, 7) is 0. The zero-order valence-electron chi connectivity index (χ0n) is 7.03. The average Bonchev–Trinajstić information content (AvgIpc) is 2.16. The Kier molecular flexibility index (Phi) is 3.02. The van der Waals surface area contributed by atoms with Gasteiger partial charge in [0.1, 0.15) is 6.29 Å². The van der Waals surface area contributed by atoms with Gasteiger partial charge in [0, 0.05) is 5.92 Å². The third-order valence-electron chi connectivity index (χ3n) is 2.12. The highest BCUT2D eigenvalue weighted by atomic mass is 16.5. The topological polar surface area (TPSA) is 43.4 Å². The van der Waals surface area contributed by atoms with Crippen LogP contribution in [0.1, 0.15) is 12.8 Å². The summed E-state index contributed by atoms with van der Waals surface area (Å²) in [5, 5.41) is 0. The molecule has 3 heteroatoms. The zero-order chi connectivity index (χ0) is 8.97. The van der Waals surface area contributed by atoms with Crippen LogP contribution in [0.15, 0.2) is 12.2 Å². The summed E-state index contributed by atoms with van der Waals surface area (Å²) in [7, 11) is 1.34. The van der Waals surface area contributed by atoms with Crippen molar-refractivity contribution in [2.75, 3.05) is 7.11 Å². The van der Waals surface area contributed by atoms with E-state index in [0.29, 0.717) is 0 Å². The molecule has 0 radical (unpaired) electrons. The Morgan fingerprint density at radius 2 is 2.42 bits per heavy atom. The van der Waals surface area contributed by atoms with Crippen molar-refractivity contribution in [3.63, 3.8) is 0 Å². The van der Waals surface area contributed by atoms with Gasteiger partial charge in [-0.2, -0.15) is 0 Å². The van der Waals surface area contributed by atoms with E-state index in [-0.39, 0.29) is 17.8 Å². The van der Waals surface area contributed by atoms with Gasteiger partial charge in [0.2, 0.25) is 0 Å². The van der Waals surface area contributed by atoms with Gasteiger partial charge in [-0.25, -0.2) is 0 Å². The number of hydrogen-bond donors (Lipinski definition) is 0. The third-order valence-corrected chi connectivity index (χ3v) is 2.12. The summed E-state index contributed by atoms with van der Waals surface area (Å²) in [4.78, 5) is 21.7. The minimum absolute atomic E-state index is 0.192. The molecule has 1 rings (SSSR count). The molecule has 0 aliphatic heterocycles. The predicted molar refractivity (Wildman–Crippen MR) is 43.4 cm³/mol. The van der Waals surface area contributed by atoms with Crippen LogP contribution in [0.2, 0.25) is 0 Å². The molecule has 3 nitrogen and oxygen atoms in total. The minimum atomic E-state index is -0.360. The molecule has 0 heterocycles. The normalized spacial score (nSPS) is 28.1. The van der Waals surface area contributed by atoms with E-state index in [2.05, 4.69) is 4.74 Å². The van der Waals surface area contributed by atoms with E-state index in [1.165, 1.54) is 7.11 Å². The molecule has 0 saturated heterocycles. The van der Waals surface area contributed by atoms with Crippen molar-refractivity contribution in [1.82, 2.24) is 0 Å². The van der Waals surface area contributed by atoms with Gasteiger partial charge in [-0.3, -0.25) is 4.79 Å². The van der Waals surface area contributed by atoms with Gasteiger partial charge in [0.05, 0.1) is 13.0 Å². The first-order chi connectivity index (χ1) is 5.79. The fourth-order valence-corrected chi connectivity index (χ4v) is 1.40. The number of hydrogen-bond acceptors (Lipinski definition) is 3. The fraction of sp³-hybridized carbons (Fsp3) is 0.556. The monoisotopic (exact) mass is 168 g/mol. The molecular formula is C9H12O3. The molecule has 1 aliphatic rings. The Hall–Kier alpha value is -1.12. The van der Waals surface area contributed by atoms with Crippen LogP contribution in [-0.2, 0) is 14.3 Å². The first kappa shape index (κ1) is 8.97. The summed E-state index contributed by atoms with van der Waals surface area (Å²) in [6.07, 6.45) is 6.14. The van der Waals surface area contributed by atoms with E-state index in [1.807, 2.05) is 6.08 Å².